The molecule has 5 nitrogen and oxygen atoms in total. The van der Waals surface area contributed by atoms with Gasteiger partial charge in [-0.3, -0.25) is 14.9 Å². The summed E-state index contributed by atoms with van der Waals surface area (Å²) >= 11 is 6.35. The lowest BCUT2D eigenvalue weighted by atomic mass is 10.2. The molecule has 0 aromatic heterocycles. The average Bonchev–Trinajstić information content (AvgIpc) is 2.16. The Balaban J connectivity index is 3.17. The van der Waals surface area contributed by atoms with Gasteiger partial charge in [0.2, 0.25) is 0 Å². The van der Waals surface area contributed by atoms with Crippen molar-refractivity contribution in [2.24, 2.45) is 0 Å². The third-order valence-electron chi connectivity index (χ3n) is 1.69. The van der Waals surface area contributed by atoms with Gasteiger partial charge in [-0.15, -0.1) is 0 Å². The summed E-state index contributed by atoms with van der Waals surface area (Å²) in [7, 11) is 0. The van der Waals surface area contributed by atoms with Gasteiger partial charge in [0, 0.05) is 13.0 Å². The first-order valence-corrected chi connectivity index (χ1v) is 6.00. The van der Waals surface area contributed by atoms with Crippen LogP contribution in [0.3, 0.4) is 0 Å². The van der Waals surface area contributed by atoms with Crippen LogP contribution >= 0.6 is 31.9 Å². The molecule has 0 aliphatic heterocycles. The normalized spacial score (nSPS) is 10.2. The first kappa shape index (κ1) is 13.1. The van der Waals surface area contributed by atoms with Gasteiger partial charge in [0.15, 0.2) is 0 Å². The number of nitrogens with zero attached hydrogens (tertiary/aromatic N) is 1. The molecular weight excluding hydrogens is 346 g/mol. The largest absolute Gasteiger partial charge is 0.427 e. The second kappa shape index (κ2) is 5.40. The highest BCUT2D eigenvalue weighted by atomic mass is 79.9. The van der Waals surface area contributed by atoms with E-state index in [1.165, 1.54) is 25.1 Å². The van der Waals surface area contributed by atoms with Crippen molar-refractivity contribution in [2.45, 2.75) is 10.7 Å². The number of hydrogen-bond donors (Lipinski definition) is 0. The van der Waals surface area contributed by atoms with Gasteiger partial charge in [0.05, 0.1) is 10.5 Å². The van der Waals surface area contributed by atoms with Gasteiger partial charge in [0.25, 0.3) is 5.69 Å². The highest BCUT2D eigenvalue weighted by Crippen LogP contribution is 2.37. The molecular formula is C9H7Br2NO4. The minimum atomic E-state index is -0.498. The summed E-state index contributed by atoms with van der Waals surface area (Å²) in [6.07, 6.45) is 0. The smallest absolute Gasteiger partial charge is 0.308 e. The van der Waals surface area contributed by atoms with Crippen molar-refractivity contribution in [3.8, 4) is 5.75 Å². The van der Waals surface area contributed by atoms with Crippen LogP contribution in [0.2, 0.25) is 0 Å². The van der Waals surface area contributed by atoms with E-state index < -0.39 is 10.9 Å². The van der Waals surface area contributed by atoms with E-state index in [9.17, 15) is 14.9 Å². The van der Waals surface area contributed by atoms with Gasteiger partial charge in [-0.2, -0.15) is 0 Å². The number of nitro groups is 1. The van der Waals surface area contributed by atoms with Gasteiger partial charge in [-0.25, -0.2) is 0 Å². The molecule has 0 aliphatic rings. The Bertz CT molecular complexity index is 434. The molecule has 0 aliphatic carbocycles. The monoisotopic (exact) mass is 351 g/mol. The van der Waals surface area contributed by atoms with Crippen molar-refractivity contribution in [3.63, 3.8) is 0 Å². The zero-order valence-electron chi connectivity index (χ0n) is 8.15. The third kappa shape index (κ3) is 3.28. The number of carbonyl (C=O) groups is 1. The number of carbonyl (C=O) groups excluding carboxylic acids is 1. The summed E-state index contributed by atoms with van der Waals surface area (Å²) in [4.78, 5) is 21.0. The van der Waals surface area contributed by atoms with Crippen molar-refractivity contribution in [1.82, 2.24) is 0 Å². The Morgan fingerprint density at radius 2 is 2.12 bits per heavy atom. The molecule has 0 heterocycles. The minimum absolute atomic E-state index is 0.0466. The van der Waals surface area contributed by atoms with Crippen LogP contribution in [0.1, 0.15) is 16.2 Å². The summed E-state index contributed by atoms with van der Waals surface area (Å²) in [6.45, 7) is 1.26. The van der Waals surface area contributed by atoms with Gasteiger partial charge in [-0.1, -0.05) is 31.9 Å². The number of ether oxygens (including phenoxy) is 1. The first-order valence-electron chi connectivity index (χ1n) is 4.16. The Morgan fingerprint density at radius 1 is 1.50 bits per heavy atom. The lowest BCUT2D eigenvalue weighted by Crippen LogP contribution is -2.02. The molecule has 0 radical (unpaired) electrons. The van der Waals surface area contributed by atoms with Crippen LogP contribution in [0.15, 0.2) is 18.2 Å². The molecule has 0 bridgehead atoms. The van der Waals surface area contributed by atoms with Crippen molar-refractivity contribution in [2.75, 3.05) is 0 Å². The van der Waals surface area contributed by atoms with E-state index in [0.717, 1.165) is 0 Å². The van der Waals surface area contributed by atoms with E-state index in [4.69, 9.17) is 4.74 Å². The fraction of sp³-hybridized carbons (Fsp3) is 0.222. The van der Waals surface area contributed by atoms with Crippen molar-refractivity contribution >= 4 is 43.5 Å². The molecule has 1 aromatic carbocycles. The number of halogens is 2. The molecule has 0 saturated carbocycles. The van der Waals surface area contributed by atoms with Gasteiger partial charge >= 0.3 is 5.97 Å². The summed E-state index contributed by atoms with van der Waals surface area (Å²) in [5, 5.41) is 10.7. The van der Waals surface area contributed by atoms with Crippen molar-refractivity contribution in [1.29, 1.82) is 0 Å². The van der Waals surface area contributed by atoms with Crippen LogP contribution in [0.4, 0.5) is 5.69 Å². The van der Waals surface area contributed by atoms with E-state index in [1.807, 2.05) is 0 Å². The number of nitro benzene ring substituents is 1. The molecule has 86 valence electrons. The molecule has 16 heavy (non-hydrogen) atoms. The average molecular weight is 353 g/mol. The molecule has 0 atom stereocenters. The summed E-state index contributed by atoms with van der Waals surface area (Å²) in [5.41, 5.74) is 0.346. The SMILES string of the molecule is CC(=O)Oc1ccc([N+](=O)[O-])c(C(Br)Br)c1. The second-order valence-electron chi connectivity index (χ2n) is 2.87. The fourth-order valence-corrected chi connectivity index (χ4v) is 1.84. The Hall–Kier alpha value is -0.950. The van der Waals surface area contributed by atoms with Crippen LogP contribution < -0.4 is 4.74 Å². The fourth-order valence-electron chi connectivity index (χ4n) is 1.10. The number of esters is 1. The molecule has 0 N–H and O–H groups in total. The maximum absolute atomic E-state index is 10.7. The molecule has 1 aromatic rings. The zero-order valence-corrected chi connectivity index (χ0v) is 11.3. The van der Waals surface area contributed by atoms with E-state index in [2.05, 4.69) is 31.9 Å². The summed E-state index contributed by atoms with van der Waals surface area (Å²) in [5.74, 6) is -0.197. The molecule has 0 fully saturated rings. The van der Waals surface area contributed by atoms with Gasteiger partial charge < -0.3 is 4.74 Å². The molecule has 0 unspecified atom stereocenters. The lowest BCUT2D eigenvalue weighted by molar-refractivity contribution is -0.385. The molecule has 1 rings (SSSR count). The highest BCUT2D eigenvalue weighted by molar-refractivity contribution is 9.24. The van der Waals surface area contributed by atoms with E-state index >= 15 is 0 Å². The van der Waals surface area contributed by atoms with Crippen LogP contribution in [0.5, 0.6) is 5.75 Å². The predicted molar refractivity (Wildman–Crippen MR) is 65.0 cm³/mol. The second-order valence-corrected chi connectivity index (χ2v) is 5.93. The molecule has 0 saturated heterocycles. The zero-order chi connectivity index (χ0) is 12.3. The first-order chi connectivity index (χ1) is 7.41. The minimum Gasteiger partial charge on any atom is -0.427 e. The summed E-state index contributed by atoms with van der Waals surface area (Å²) < 4.78 is 4.46. The number of alkyl halides is 2. The van der Waals surface area contributed by atoms with Crippen LogP contribution in [0, 0.1) is 10.1 Å². The molecule has 0 spiro atoms. The van der Waals surface area contributed by atoms with E-state index in [0.29, 0.717) is 5.56 Å². The van der Waals surface area contributed by atoms with E-state index in [1.54, 1.807) is 0 Å². The Labute approximate surface area is 108 Å². The highest BCUT2D eigenvalue weighted by Gasteiger charge is 2.19. The predicted octanol–water partition coefficient (Wildman–Crippen LogP) is 3.31. The Morgan fingerprint density at radius 3 is 2.56 bits per heavy atom. The van der Waals surface area contributed by atoms with Crippen LogP contribution in [-0.2, 0) is 4.79 Å². The summed E-state index contributed by atoms with van der Waals surface area (Å²) in [6, 6.07) is 4.11. The number of hydrogen-bond acceptors (Lipinski definition) is 4. The van der Waals surface area contributed by atoms with Gasteiger partial charge in [0.1, 0.15) is 9.49 Å². The lowest BCUT2D eigenvalue weighted by Gasteiger charge is -2.06. The maximum Gasteiger partial charge on any atom is 0.308 e. The van der Waals surface area contributed by atoms with Gasteiger partial charge in [-0.05, 0) is 12.1 Å². The van der Waals surface area contributed by atoms with Crippen LogP contribution in [-0.4, -0.2) is 10.9 Å². The van der Waals surface area contributed by atoms with Crippen LogP contribution in [0.25, 0.3) is 0 Å². The topological polar surface area (TPSA) is 69.4 Å². The molecule has 7 heteroatoms. The van der Waals surface area contributed by atoms with Crippen molar-refractivity contribution < 1.29 is 14.5 Å². The number of rotatable bonds is 3. The van der Waals surface area contributed by atoms with E-state index in [-0.39, 0.29) is 15.2 Å². The third-order valence-corrected chi connectivity index (χ3v) is 2.68. The number of benzene rings is 1. The van der Waals surface area contributed by atoms with Crippen molar-refractivity contribution in [3.05, 3.63) is 33.9 Å². The Kier molecular flexibility index (Phi) is 4.43. The quantitative estimate of drug-likeness (QED) is 0.275. The molecule has 0 amide bonds. The standard InChI is InChI=1S/C9H7Br2NO4/c1-5(13)16-6-2-3-8(12(14)15)7(4-6)9(10)11/h2-4,9H,1H3. The maximum atomic E-state index is 10.7.